The summed E-state index contributed by atoms with van der Waals surface area (Å²) in [7, 11) is 0. The highest BCUT2D eigenvalue weighted by molar-refractivity contribution is 5.99. The van der Waals surface area contributed by atoms with Gasteiger partial charge in [-0.25, -0.2) is 0 Å². The number of para-hydroxylation sites is 2. The number of nitrogens with zero attached hydrogens (tertiary/aromatic N) is 1. The maximum atomic E-state index is 2.50. The molecule has 0 heterocycles. The van der Waals surface area contributed by atoms with Crippen LogP contribution in [0.2, 0.25) is 0 Å². The fourth-order valence-corrected chi connectivity index (χ4v) is 8.37. The highest BCUT2D eigenvalue weighted by Crippen LogP contribution is 2.57. The van der Waals surface area contributed by atoms with Crippen LogP contribution in [-0.2, 0) is 16.2 Å². The Morgan fingerprint density at radius 2 is 1.04 bits per heavy atom. The van der Waals surface area contributed by atoms with E-state index in [4.69, 9.17) is 0 Å². The third kappa shape index (κ3) is 4.36. The number of rotatable bonds is 4. The Bertz CT molecular complexity index is 2170. The second-order valence-electron chi connectivity index (χ2n) is 15.4. The van der Waals surface area contributed by atoms with Crippen molar-refractivity contribution in [2.45, 2.75) is 64.7 Å². The first-order valence-electron chi connectivity index (χ1n) is 17.0. The van der Waals surface area contributed by atoms with Gasteiger partial charge in [0.05, 0.1) is 11.4 Å². The summed E-state index contributed by atoms with van der Waals surface area (Å²) >= 11 is 0. The van der Waals surface area contributed by atoms with E-state index in [1.165, 1.54) is 72.6 Å². The van der Waals surface area contributed by atoms with E-state index in [-0.39, 0.29) is 16.2 Å². The van der Waals surface area contributed by atoms with Gasteiger partial charge >= 0.3 is 0 Å². The molecule has 6 aromatic rings. The minimum Gasteiger partial charge on any atom is -0.310 e. The average Bonchev–Trinajstić information content (AvgIpc) is 3.45. The summed E-state index contributed by atoms with van der Waals surface area (Å²) in [6, 6.07) is 49.8. The molecule has 2 aliphatic rings. The molecule has 2 aliphatic carbocycles. The van der Waals surface area contributed by atoms with Crippen LogP contribution in [0.4, 0.5) is 17.1 Å². The molecule has 0 aliphatic heterocycles. The largest absolute Gasteiger partial charge is 0.310 e. The highest BCUT2D eigenvalue weighted by Gasteiger charge is 2.40. The van der Waals surface area contributed by atoms with Crippen molar-refractivity contribution in [2.24, 2.45) is 0 Å². The Kier molecular flexibility index (Phi) is 6.48. The first kappa shape index (κ1) is 29.5. The Morgan fingerprint density at radius 3 is 1.81 bits per heavy atom. The fraction of sp³-hybridized carbons (Fsp3) is 0.217. The van der Waals surface area contributed by atoms with Gasteiger partial charge < -0.3 is 4.90 Å². The second kappa shape index (κ2) is 10.3. The van der Waals surface area contributed by atoms with Crippen molar-refractivity contribution in [3.8, 4) is 33.4 Å². The lowest BCUT2D eigenvalue weighted by Gasteiger charge is -2.33. The highest BCUT2D eigenvalue weighted by atomic mass is 15.1. The van der Waals surface area contributed by atoms with Crippen molar-refractivity contribution in [3.63, 3.8) is 0 Å². The van der Waals surface area contributed by atoms with Crippen LogP contribution in [0, 0.1) is 0 Å². The SMILES string of the molecule is CC(C)(C)c1ccc2c(c1)C(C)(C)c1cccc(-c3ccccc3N(c3ccccc3)c3cccc4c3C(C)(C)c3ccccc3-4)c1-2. The second-order valence-corrected chi connectivity index (χ2v) is 15.4. The van der Waals surface area contributed by atoms with Crippen LogP contribution < -0.4 is 4.90 Å². The van der Waals surface area contributed by atoms with Gasteiger partial charge in [0, 0.05) is 22.1 Å². The van der Waals surface area contributed by atoms with Gasteiger partial charge in [-0.2, -0.15) is 0 Å². The molecule has 0 unspecified atom stereocenters. The zero-order valence-electron chi connectivity index (χ0n) is 28.6. The Balaban J connectivity index is 1.39. The van der Waals surface area contributed by atoms with Gasteiger partial charge in [0.2, 0.25) is 0 Å². The van der Waals surface area contributed by atoms with E-state index in [1.54, 1.807) is 0 Å². The van der Waals surface area contributed by atoms with Crippen LogP contribution in [0.25, 0.3) is 33.4 Å². The summed E-state index contributed by atoms with van der Waals surface area (Å²) < 4.78 is 0. The number of benzene rings is 6. The Labute approximate surface area is 280 Å². The van der Waals surface area contributed by atoms with Gasteiger partial charge in [-0.1, -0.05) is 158 Å². The molecule has 0 saturated carbocycles. The van der Waals surface area contributed by atoms with Gasteiger partial charge in [-0.15, -0.1) is 0 Å². The van der Waals surface area contributed by atoms with E-state index in [9.17, 15) is 0 Å². The smallest absolute Gasteiger partial charge is 0.0540 e. The molecule has 0 bridgehead atoms. The van der Waals surface area contributed by atoms with Gasteiger partial charge in [-0.3, -0.25) is 0 Å². The van der Waals surface area contributed by atoms with Crippen molar-refractivity contribution in [1.29, 1.82) is 0 Å². The lowest BCUT2D eigenvalue weighted by Crippen LogP contribution is -2.21. The molecule has 0 fully saturated rings. The van der Waals surface area contributed by atoms with Crippen molar-refractivity contribution in [3.05, 3.63) is 161 Å². The summed E-state index contributed by atoms with van der Waals surface area (Å²) in [5.41, 5.74) is 18.3. The molecule has 1 nitrogen and oxygen atoms in total. The van der Waals surface area contributed by atoms with Crippen LogP contribution in [-0.4, -0.2) is 0 Å². The number of hydrogen-bond donors (Lipinski definition) is 0. The number of anilines is 3. The van der Waals surface area contributed by atoms with Crippen molar-refractivity contribution < 1.29 is 0 Å². The number of fused-ring (bicyclic) bond motifs is 6. The maximum Gasteiger partial charge on any atom is 0.0540 e. The third-order valence-corrected chi connectivity index (χ3v) is 10.8. The van der Waals surface area contributed by atoms with Gasteiger partial charge in [-0.05, 0) is 85.3 Å². The minimum atomic E-state index is -0.147. The molecule has 0 atom stereocenters. The first-order valence-corrected chi connectivity index (χ1v) is 17.0. The van der Waals surface area contributed by atoms with Crippen LogP contribution in [0.15, 0.2) is 133 Å². The molecule has 0 aromatic heterocycles. The minimum absolute atomic E-state index is 0.0912. The fourth-order valence-electron chi connectivity index (χ4n) is 8.37. The quantitative estimate of drug-likeness (QED) is 0.192. The molecule has 0 radical (unpaired) electrons. The molecule has 8 rings (SSSR count). The molecule has 1 heteroatoms. The van der Waals surface area contributed by atoms with E-state index in [1.807, 2.05) is 0 Å². The Hall–Kier alpha value is -4.88. The predicted octanol–water partition coefficient (Wildman–Crippen LogP) is 12.7. The van der Waals surface area contributed by atoms with Crippen LogP contribution in [0.3, 0.4) is 0 Å². The molecule has 47 heavy (non-hydrogen) atoms. The van der Waals surface area contributed by atoms with E-state index < -0.39 is 0 Å². The van der Waals surface area contributed by atoms with E-state index in [2.05, 4.69) is 187 Å². The number of hydrogen-bond acceptors (Lipinski definition) is 1. The average molecular weight is 610 g/mol. The summed E-state index contributed by atoms with van der Waals surface area (Å²) in [6.45, 7) is 16.5. The summed E-state index contributed by atoms with van der Waals surface area (Å²) in [5, 5.41) is 0. The topological polar surface area (TPSA) is 3.24 Å². The molecule has 0 N–H and O–H groups in total. The first-order chi connectivity index (χ1) is 22.5. The Morgan fingerprint density at radius 1 is 0.447 bits per heavy atom. The molecule has 6 aromatic carbocycles. The zero-order valence-corrected chi connectivity index (χ0v) is 28.6. The normalized spacial score (nSPS) is 15.0. The van der Waals surface area contributed by atoms with Crippen molar-refractivity contribution in [2.75, 3.05) is 4.90 Å². The third-order valence-electron chi connectivity index (χ3n) is 10.8. The van der Waals surface area contributed by atoms with Crippen LogP contribution in [0.5, 0.6) is 0 Å². The maximum absolute atomic E-state index is 2.50. The molecular weight excluding hydrogens is 567 g/mol. The van der Waals surface area contributed by atoms with Gasteiger partial charge in [0.15, 0.2) is 0 Å². The zero-order chi connectivity index (χ0) is 32.7. The molecule has 0 amide bonds. The van der Waals surface area contributed by atoms with Gasteiger partial charge in [0.25, 0.3) is 0 Å². The van der Waals surface area contributed by atoms with Crippen LogP contribution in [0.1, 0.15) is 76.3 Å². The molecule has 0 spiro atoms. The van der Waals surface area contributed by atoms with Crippen molar-refractivity contribution >= 4 is 17.1 Å². The van der Waals surface area contributed by atoms with Crippen LogP contribution >= 0.6 is 0 Å². The lowest BCUT2D eigenvalue weighted by atomic mass is 9.79. The standard InChI is InChI=1S/C46H43N/c1-44(2,3)30-27-28-36-39(29-30)45(4,5)38-24-15-21-34(42(36)38)33-20-12-14-25-40(33)47(31-17-9-8-10-18-31)41-26-16-22-35-32-19-11-13-23-37(32)46(6,7)43(35)41/h8-29H,1-7H3. The van der Waals surface area contributed by atoms with E-state index >= 15 is 0 Å². The van der Waals surface area contributed by atoms with E-state index in [0.717, 1.165) is 5.69 Å². The van der Waals surface area contributed by atoms with Crippen molar-refractivity contribution in [1.82, 2.24) is 0 Å². The molecule has 0 saturated heterocycles. The summed E-state index contributed by atoms with van der Waals surface area (Å²) in [4.78, 5) is 2.50. The molecular formula is C46H43N. The monoisotopic (exact) mass is 609 g/mol. The predicted molar refractivity (Wildman–Crippen MR) is 200 cm³/mol. The van der Waals surface area contributed by atoms with Gasteiger partial charge in [0.1, 0.15) is 0 Å². The van der Waals surface area contributed by atoms with E-state index in [0.29, 0.717) is 0 Å². The molecule has 232 valence electrons. The lowest BCUT2D eigenvalue weighted by molar-refractivity contribution is 0.584. The summed E-state index contributed by atoms with van der Waals surface area (Å²) in [6.07, 6.45) is 0. The summed E-state index contributed by atoms with van der Waals surface area (Å²) in [5.74, 6) is 0.